The van der Waals surface area contributed by atoms with E-state index in [0.29, 0.717) is 18.8 Å². The van der Waals surface area contributed by atoms with Gasteiger partial charge in [0.2, 0.25) is 0 Å². The van der Waals surface area contributed by atoms with Crippen LogP contribution in [-0.2, 0) is 0 Å². The van der Waals surface area contributed by atoms with Gasteiger partial charge in [-0.3, -0.25) is 0 Å². The number of carboxylic acids is 1. The van der Waals surface area contributed by atoms with Gasteiger partial charge >= 0.3 is 12.0 Å². The first-order chi connectivity index (χ1) is 10.0. The smallest absolute Gasteiger partial charge is 0.337 e. The Labute approximate surface area is 124 Å². The highest BCUT2D eigenvalue weighted by molar-refractivity contribution is 6.00. The third-order valence-corrected chi connectivity index (χ3v) is 2.97. The van der Waals surface area contributed by atoms with Crippen molar-refractivity contribution in [3.63, 3.8) is 0 Å². The van der Waals surface area contributed by atoms with Crippen molar-refractivity contribution >= 4 is 17.7 Å². The van der Waals surface area contributed by atoms with E-state index >= 15 is 0 Å². The first-order valence-corrected chi connectivity index (χ1v) is 7.00. The fourth-order valence-electron chi connectivity index (χ4n) is 1.99. The van der Waals surface area contributed by atoms with Crippen LogP contribution in [-0.4, -0.2) is 42.2 Å². The lowest BCUT2D eigenvalue weighted by molar-refractivity contribution is 0.0698. The number of carboxylic acid groups (broad SMARTS) is 1. The van der Waals surface area contributed by atoms with Crippen LogP contribution in [0.2, 0.25) is 0 Å². The zero-order valence-electron chi connectivity index (χ0n) is 12.7. The normalized spacial score (nSPS) is 10.0. The molecular formula is C15H22N2O4. The van der Waals surface area contributed by atoms with Gasteiger partial charge < -0.3 is 20.1 Å². The van der Waals surface area contributed by atoms with Gasteiger partial charge in [0.15, 0.2) is 0 Å². The molecule has 2 amide bonds. The van der Waals surface area contributed by atoms with E-state index in [1.807, 2.05) is 13.8 Å². The number of rotatable bonds is 7. The van der Waals surface area contributed by atoms with Crippen molar-refractivity contribution in [2.75, 3.05) is 25.5 Å². The van der Waals surface area contributed by atoms with E-state index in [4.69, 9.17) is 4.74 Å². The van der Waals surface area contributed by atoms with Gasteiger partial charge in [-0.1, -0.05) is 13.8 Å². The molecular weight excluding hydrogens is 272 g/mol. The molecule has 0 aliphatic heterocycles. The van der Waals surface area contributed by atoms with Crippen LogP contribution in [0.25, 0.3) is 0 Å². The number of nitrogens with one attached hydrogen (secondary N) is 1. The molecule has 0 fully saturated rings. The monoisotopic (exact) mass is 294 g/mol. The lowest BCUT2D eigenvalue weighted by atomic mass is 10.1. The molecule has 116 valence electrons. The number of urea groups is 1. The van der Waals surface area contributed by atoms with E-state index in [2.05, 4.69) is 5.32 Å². The molecule has 0 saturated carbocycles. The Morgan fingerprint density at radius 3 is 2.33 bits per heavy atom. The molecule has 0 bridgehead atoms. The minimum Gasteiger partial charge on any atom is -0.497 e. The van der Waals surface area contributed by atoms with Gasteiger partial charge in [0, 0.05) is 19.2 Å². The van der Waals surface area contributed by atoms with Crippen molar-refractivity contribution in [3.8, 4) is 5.75 Å². The Kier molecular flexibility index (Phi) is 6.52. The van der Waals surface area contributed by atoms with Gasteiger partial charge in [0.1, 0.15) is 5.75 Å². The summed E-state index contributed by atoms with van der Waals surface area (Å²) in [6.45, 7) is 5.24. The van der Waals surface area contributed by atoms with Crippen LogP contribution in [0.15, 0.2) is 18.2 Å². The Morgan fingerprint density at radius 1 is 1.24 bits per heavy atom. The molecule has 1 rings (SSSR count). The maximum atomic E-state index is 12.2. The number of benzene rings is 1. The topological polar surface area (TPSA) is 78.9 Å². The Hall–Kier alpha value is -2.24. The van der Waals surface area contributed by atoms with E-state index in [-0.39, 0.29) is 17.3 Å². The van der Waals surface area contributed by atoms with Crippen molar-refractivity contribution in [1.29, 1.82) is 0 Å². The molecule has 6 heteroatoms. The maximum absolute atomic E-state index is 12.2. The quantitative estimate of drug-likeness (QED) is 0.810. The van der Waals surface area contributed by atoms with Gasteiger partial charge in [-0.05, 0) is 25.0 Å². The number of carbonyl (C=O) groups is 2. The van der Waals surface area contributed by atoms with Gasteiger partial charge in [-0.15, -0.1) is 0 Å². The number of hydrogen-bond donors (Lipinski definition) is 2. The summed E-state index contributed by atoms with van der Waals surface area (Å²) < 4.78 is 5.07. The highest BCUT2D eigenvalue weighted by Crippen LogP contribution is 2.23. The summed E-state index contributed by atoms with van der Waals surface area (Å²) in [5.41, 5.74) is 0.279. The minimum atomic E-state index is -1.09. The first-order valence-electron chi connectivity index (χ1n) is 7.00. The predicted molar refractivity (Wildman–Crippen MR) is 81.1 cm³/mol. The molecule has 0 saturated heterocycles. The summed E-state index contributed by atoms with van der Waals surface area (Å²) in [4.78, 5) is 25.1. The maximum Gasteiger partial charge on any atom is 0.337 e. The number of anilines is 1. The molecule has 0 unspecified atom stereocenters. The van der Waals surface area contributed by atoms with Crippen molar-refractivity contribution in [2.45, 2.75) is 26.7 Å². The molecule has 0 spiro atoms. The molecule has 1 aromatic carbocycles. The van der Waals surface area contributed by atoms with Gasteiger partial charge in [0.25, 0.3) is 0 Å². The molecule has 0 aromatic heterocycles. The SMILES string of the molecule is CCCN(CCC)C(=O)Nc1cc(OC)ccc1C(=O)O. The van der Waals surface area contributed by atoms with Crippen LogP contribution in [0.3, 0.4) is 0 Å². The second-order valence-corrected chi connectivity index (χ2v) is 4.63. The average molecular weight is 294 g/mol. The highest BCUT2D eigenvalue weighted by atomic mass is 16.5. The Bertz CT molecular complexity index is 496. The lowest BCUT2D eigenvalue weighted by Crippen LogP contribution is -2.36. The molecule has 2 N–H and O–H groups in total. The molecule has 0 aliphatic rings. The molecule has 0 aliphatic carbocycles. The summed E-state index contributed by atoms with van der Waals surface area (Å²) in [5.74, 6) is -0.599. The summed E-state index contributed by atoms with van der Waals surface area (Å²) in [7, 11) is 1.49. The van der Waals surface area contributed by atoms with Gasteiger partial charge in [0.05, 0.1) is 18.4 Å². The minimum absolute atomic E-state index is 0.0390. The number of nitrogens with zero attached hydrogens (tertiary/aromatic N) is 1. The molecule has 1 aromatic rings. The van der Waals surface area contributed by atoms with E-state index < -0.39 is 5.97 Å². The van der Waals surface area contributed by atoms with Crippen LogP contribution >= 0.6 is 0 Å². The van der Waals surface area contributed by atoms with Crippen molar-refractivity contribution in [2.24, 2.45) is 0 Å². The van der Waals surface area contributed by atoms with Crippen LogP contribution in [0.4, 0.5) is 10.5 Å². The number of carbonyl (C=O) groups excluding carboxylic acids is 1. The largest absolute Gasteiger partial charge is 0.497 e. The lowest BCUT2D eigenvalue weighted by Gasteiger charge is -2.22. The second-order valence-electron chi connectivity index (χ2n) is 4.63. The zero-order chi connectivity index (χ0) is 15.8. The van der Waals surface area contributed by atoms with Crippen LogP contribution in [0.5, 0.6) is 5.75 Å². The summed E-state index contributed by atoms with van der Waals surface area (Å²) in [5, 5.41) is 11.8. The zero-order valence-corrected chi connectivity index (χ0v) is 12.7. The van der Waals surface area contributed by atoms with E-state index in [9.17, 15) is 14.7 Å². The molecule has 21 heavy (non-hydrogen) atoms. The number of hydrogen-bond acceptors (Lipinski definition) is 3. The molecule has 0 radical (unpaired) electrons. The number of aromatic carboxylic acids is 1. The summed E-state index contributed by atoms with van der Waals surface area (Å²) in [6.07, 6.45) is 1.69. The number of amides is 2. The third-order valence-electron chi connectivity index (χ3n) is 2.97. The predicted octanol–water partition coefficient (Wildman–Crippen LogP) is 3.05. The van der Waals surface area contributed by atoms with E-state index in [1.165, 1.54) is 19.2 Å². The molecule has 0 atom stereocenters. The molecule has 6 nitrogen and oxygen atoms in total. The van der Waals surface area contributed by atoms with Crippen LogP contribution in [0, 0.1) is 0 Å². The average Bonchev–Trinajstić information content (AvgIpc) is 2.46. The van der Waals surface area contributed by atoms with Crippen molar-refractivity contribution in [3.05, 3.63) is 23.8 Å². The van der Waals surface area contributed by atoms with E-state index in [1.54, 1.807) is 11.0 Å². The highest BCUT2D eigenvalue weighted by Gasteiger charge is 2.17. The second kappa shape index (κ2) is 8.14. The Morgan fingerprint density at radius 2 is 1.86 bits per heavy atom. The third kappa shape index (κ3) is 4.66. The number of ether oxygens (including phenoxy) is 1. The van der Waals surface area contributed by atoms with Crippen molar-refractivity contribution in [1.82, 2.24) is 4.90 Å². The summed E-state index contributed by atoms with van der Waals surface area (Å²) in [6, 6.07) is 4.18. The van der Waals surface area contributed by atoms with Crippen LogP contribution in [0.1, 0.15) is 37.0 Å². The van der Waals surface area contributed by atoms with Gasteiger partial charge in [-0.2, -0.15) is 0 Å². The first kappa shape index (κ1) is 16.8. The summed E-state index contributed by atoms with van der Waals surface area (Å²) >= 11 is 0. The van der Waals surface area contributed by atoms with Crippen molar-refractivity contribution < 1.29 is 19.4 Å². The Balaban J connectivity index is 2.98. The van der Waals surface area contributed by atoms with Gasteiger partial charge in [-0.25, -0.2) is 9.59 Å². The molecule has 0 heterocycles. The fourth-order valence-corrected chi connectivity index (χ4v) is 1.99. The fraction of sp³-hybridized carbons (Fsp3) is 0.467. The number of methoxy groups -OCH3 is 1. The van der Waals surface area contributed by atoms with Crippen LogP contribution < -0.4 is 10.1 Å². The standard InChI is InChI=1S/C15H22N2O4/c1-4-8-17(9-5-2)15(20)16-13-10-11(21-3)6-7-12(13)14(18)19/h6-7,10H,4-5,8-9H2,1-3H3,(H,16,20)(H,18,19). The van der Waals surface area contributed by atoms with E-state index in [0.717, 1.165) is 12.8 Å².